The Morgan fingerprint density at radius 3 is 2.69 bits per heavy atom. The Morgan fingerprint density at radius 1 is 1.14 bits per heavy atom. The first-order valence-electron chi connectivity index (χ1n) is 14.6. The molecule has 0 saturated heterocycles. The number of hydrogen-bond acceptors (Lipinski definition) is 5. The Kier molecular flexibility index (Phi) is 7.50. The zero-order valence-corrected chi connectivity index (χ0v) is 24.1. The number of aromatic nitrogens is 3. The molecule has 0 unspecified atom stereocenters. The van der Waals surface area contributed by atoms with Gasteiger partial charge >= 0.3 is 5.97 Å². The van der Waals surface area contributed by atoms with Gasteiger partial charge in [-0.3, -0.25) is 14.6 Å². The van der Waals surface area contributed by atoms with Crippen LogP contribution in [0, 0.1) is 11.3 Å². The van der Waals surface area contributed by atoms with Gasteiger partial charge in [-0.15, -0.1) is 0 Å². The molecule has 1 N–H and O–H groups in total. The molecular formula is C35H36N4O3. The maximum atomic E-state index is 13.4. The van der Waals surface area contributed by atoms with E-state index in [-0.39, 0.29) is 35.4 Å². The highest BCUT2D eigenvalue weighted by atomic mass is 16.5. The maximum absolute atomic E-state index is 13.4. The zero-order valence-electron chi connectivity index (χ0n) is 24.1. The molecule has 0 aliphatic heterocycles. The van der Waals surface area contributed by atoms with Gasteiger partial charge in [0.1, 0.15) is 6.10 Å². The van der Waals surface area contributed by atoms with Crippen LogP contribution in [0.25, 0.3) is 16.3 Å². The molecule has 7 nitrogen and oxygen atoms in total. The van der Waals surface area contributed by atoms with Crippen molar-refractivity contribution in [3.8, 4) is 0 Å². The molecule has 3 heterocycles. The second-order valence-electron chi connectivity index (χ2n) is 11.7. The monoisotopic (exact) mass is 560 g/mol. The molecule has 1 atom stereocenters. The zero-order chi connectivity index (χ0) is 29.3. The van der Waals surface area contributed by atoms with E-state index in [1.165, 1.54) is 0 Å². The molecule has 42 heavy (non-hydrogen) atoms. The minimum atomic E-state index is -0.330. The van der Waals surface area contributed by atoms with Gasteiger partial charge in [-0.05, 0) is 73.6 Å². The summed E-state index contributed by atoms with van der Waals surface area (Å²) in [4.78, 5) is 30.8. The lowest BCUT2D eigenvalue weighted by Crippen LogP contribution is -2.57. The summed E-state index contributed by atoms with van der Waals surface area (Å²) in [5.74, 6) is -0.339. The molecule has 6 rings (SSSR count). The lowest BCUT2D eigenvalue weighted by Gasteiger charge is -2.57. The second-order valence-corrected chi connectivity index (χ2v) is 11.7. The fraction of sp³-hybridized carbons (Fsp3) is 0.314. The van der Waals surface area contributed by atoms with Crippen LogP contribution in [-0.4, -0.2) is 38.6 Å². The summed E-state index contributed by atoms with van der Waals surface area (Å²) in [7, 11) is 0. The summed E-state index contributed by atoms with van der Waals surface area (Å²) < 4.78 is 7.49. The first-order valence-corrected chi connectivity index (χ1v) is 14.6. The van der Waals surface area contributed by atoms with Crippen LogP contribution in [0.3, 0.4) is 0 Å². The molecular weight excluding hydrogens is 524 g/mol. The Hall–Kier alpha value is -4.52. The van der Waals surface area contributed by atoms with Crippen molar-refractivity contribution in [1.82, 2.24) is 19.9 Å². The molecule has 7 heteroatoms. The minimum absolute atomic E-state index is 0.0808. The van der Waals surface area contributed by atoms with Crippen molar-refractivity contribution in [3.05, 3.63) is 114 Å². The summed E-state index contributed by atoms with van der Waals surface area (Å²) in [6.07, 6.45) is 16.6. The number of esters is 1. The molecule has 4 aromatic rings. The summed E-state index contributed by atoms with van der Waals surface area (Å²) in [5, 5.41) is 9.92. The minimum Gasteiger partial charge on any atom is -0.458 e. The van der Waals surface area contributed by atoms with Crippen LogP contribution in [0.1, 0.15) is 61.1 Å². The molecule has 2 aliphatic carbocycles. The van der Waals surface area contributed by atoms with Crippen LogP contribution >= 0.6 is 0 Å². The maximum Gasteiger partial charge on any atom is 0.309 e. The predicted molar refractivity (Wildman–Crippen MR) is 164 cm³/mol. The van der Waals surface area contributed by atoms with E-state index >= 15 is 0 Å². The highest BCUT2D eigenvalue weighted by Crippen LogP contribution is 2.59. The van der Waals surface area contributed by atoms with Crippen LogP contribution in [0.5, 0.6) is 0 Å². The lowest BCUT2D eigenvalue weighted by molar-refractivity contribution is -0.165. The van der Waals surface area contributed by atoms with Gasteiger partial charge < -0.3 is 10.1 Å². The third-order valence-corrected chi connectivity index (χ3v) is 8.79. The van der Waals surface area contributed by atoms with Gasteiger partial charge in [0.2, 0.25) is 0 Å². The van der Waals surface area contributed by atoms with Crippen molar-refractivity contribution in [2.24, 2.45) is 11.3 Å². The number of carbonyl (C=O) groups excluding carboxylic acids is 2. The average molecular weight is 561 g/mol. The molecule has 1 spiro atoms. The molecule has 2 fully saturated rings. The third-order valence-electron chi connectivity index (χ3n) is 8.79. The summed E-state index contributed by atoms with van der Waals surface area (Å²) in [6, 6.07) is 14.3. The van der Waals surface area contributed by atoms with E-state index in [1.807, 2.05) is 68.7 Å². The van der Waals surface area contributed by atoms with Crippen LogP contribution in [0.15, 0.2) is 97.5 Å². The fourth-order valence-corrected chi connectivity index (χ4v) is 6.60. The average Bonchev–Trinajstić information content (AvgIpc) is 3.39. The largest absolute Gasteiger partial charge is 0.458 e. The molecule has 3 aromatic heterocycles. The van der Waals surface area contributed by atoms with Crippen molar-refractivity contribution < 1.29 is 14.3 Å². The van der Waals surface area contributed by atoms with Gasteiger partial charge in [0.15, 0.2) is 0 Å². The van der Waals surface area contributed by atoms with Gasteiger partial charge in [-0.1, -0.05) is 61.2 Å². The van der Waals surface area contributed by atoms with E-state index in [1.54, 1.807) is 16.8 Å². The van der Waals surface area contributed by atoms with Crippen molar-refractivity contribution in [1.29, 1.82) is 0 Å². The SMILES string of the molecule is C=C/C(=C\C=C/C)[C@H](C)OC(=O)C1CC2(CC(NC(=O)c3cnn4cccc(Cc5cc6ccccc6cn5)c34)C2)C1. The number of pyridine rings is 2. The van der Waals surface area contributed by atoms with Gasteiger partial charge in [-0.25, -0.2) is 4.52 Å². The van der Waals surface area contributed by atoms with E-state index in [2.05, 4.69) is 40.2 Å². The topological polar surface area (TPSA) is 85.6 Å². The quantitative estimate of drug-likeness (QED) is 0.190. The van der Waals surface area contributed by atoms with Gasteiger partial charge in [0.05, 0.1) is 23.2 Å². The first-order chi connectivity index (χ1) is 20.4. The number of allylic oxidation sites excluding steroid dienone is 3. The number of ether oxygens (including phenoxy) is 1. The van der Waals surface area contributed by atoms with Crippen LogP contribution in [0.4, 0.5) is 0 Å². The van der Waals surface area contributed by atoms with E-state index in [4.69, 9.17) is 4.74 Å². The second kappa shape index (κ2) is 11.4. The highest BCUT2D eigenvalue weighted by molar-refractivity contribution is 6.01. The Labute approximate surface area is 246 Å². The van der Waals surface area contributed by atoms with Gasteiger partial charge in [0.25, 0.3) is 5.91 Å². The molecule has 0 radical (unpaired) electrons. The van der Waals surface area contributed by atoms with Crippen molar-refractivity contribution >= 4 is 28.2 Å². The third kappa shape index (κ3) is 5.39. The van der Waals surface area contributed by atoms with Crippen LogP contribution in [0.2, 0.25) is 0 Å². The summed E-state index contributed by atoms with van der Waals surface area (Å²) >= 11 is 0. The lowest BCUT2D eigenvalue weighted by atomic mass is 9.50. The van der Waals surface area contributed by atoms with E-state index in [9.17, 15) is 9.59 Å². The summed E-state index contributed by atoms with van der Waals surface area (Å²) in [6.45, 7) is 7.65. The van der Waals surface area contributed by atoms with Gasteiger partial charge in [0, 0.05) is 35.9 Å². The Bertz CT molecular complexity index is 1720. The van der Waals surface area contributed by atoms with Crippen molar-refractivity contribution in [3.63, 3.8) is 0 Å². The molecule has 0 bridgehead atoms. The van der Waals surface area contributed by atoms with E-state index in [0.29, 0.717) is 12.0 Å². The smallest absolute Gasteiger partial charge is 0.309 e. The number of hydrogen-bond donors (Lipinski definition) is 1. The molecule has 2 aliphatic rings. The number of nitrogens with one attached hydrogen (secondary N) is 1. The van der Waals surface area contributed by atoms with E-state index < -0.39 is 0 Å². The number of nitrogens with zero attached hydrogens (tertiary/aromatic N) is 3. The number of fused-ring (bicyclic) bond motifs is 2. The first kappa shape index (κ1) is 27.6. The van der Waals surface area contributed by atoms with Gasteiger partial charge in [-0.2, -0.15) is 5.10 Å². The van der Waals surface area contributed by atoms with Crippen LogP contribution < -0.4 is 5.32 Å². The molecule has 1 aromatic carbocycles. The van der Waals surface area contributed by atoms with Crippen molar-refractivity contribution in [2.75, 3.05) is 0 Å². The normalized spacial score (nSPS) is 22.6. The number of amides is 1. The molecule has 214 valence electrons. The molecule has 2 saturated carbocycles. The molecule has 1 amide bonds. The number of rotatable bonds is 9. The Balaban J connectivity index is 1.06. The predicted octanol–water partition coefficient (Wildman–Crippen LogP) is 6.38. The summed E-state index contributed by atoms with van der Waals surface area (Å²) in [5.41, 5.74) is 4.33. The van der Waals surface area contributed by atoms with E-state index in [0.717, 1.165) is 58.8 Å². The van der Waals surface area contributed by atoms with Crippen LogP contribution in [-0.2, 0) is 16.0 Å². The standard InChI is InChI=1S/C35H36N4O3/c1-4-6-10-24(5-2)23(3)42-34(41)28-17-35(18-28)19-30(20-35)38-33(40)31-22-37-39-14-9-13-26(32(31)39)16-29-15-25-11-7-8-12-27(25)21-36-29/h4-15,21-23,28,30H,2,16-20H2,1,3H3,(H,38,40)/b6-4-,24-10+/t23-,28?,30?,35?/m0/s1. The Morgan fingerprint density at radius 2 is 1.93 bits per heavy atom. The number of benzene rings is 1. The van der Waals surface area contributed by atoms with Crippen molar-refractivity contribution in [2.45, 2.75) is 58.1 Å². The fourth-order valence-electron chi connectivity index (χ4n) is 6.60. The number of carbonyl (C=O) groups is 2. The highest BCUT2D eigenvalue weighted by Gasteiger charge is 2.55.